The quantitative estimate of drug-likeness (QED) is 0.312. The second-order valence-corrected chi connectivity index (χ2v) is 9.49. The van der Waals surface area contributed by atoms with Crippen molar-refractivity contribution in [2.24, 2.45) is 0 Å². The summed E-state index contributed by atoms with van der Waals surface area (Å²) < 4.78 is 7.33. The largest absolute Gasteiger partial charge is 0.476 e. The lowest BCUT2D eigenvalue weighted by Gasteiger charge is -2.39. The van der Waals surface area contributed by atoms with Crippen LogP contribution in [0.3, 0.4) is 0 Å². The highest BCUT2D eigenvalue weighted by Crippen LogP contribution is 2.66. The zero-order valence-electron chi connectivity index (χ0n) is 18.7. The van der Waals surface area contributed by atoms with E-state index in [0.717, 1.165) is 22.2 Å². The van der Waals surface area contributed by atoms with Gasteiger partial charge < -0.3 is 14.8 Å². The number of hydrogen-bond acceptors (Lipinski definition) is 5. The minimum Gasteiger partial charge on any atom is -0.476 e. The number of hydrogen-bond donors (Lipinski definition) is 2. The van der Waals surface area contributed by atoms with Gasteiger partial charge in [0.1, 0.15) is 16.1 Å². The second kappa shape index (κ2) is 9.27. The first-order chi connectivity index (χ1) is 17.0. The zero-order chi connectivity index (χ0) is 24.5. The van der Waals surface area contributed by atoms with Crippen LogP contribution < -0.4 is 4.74 Å². The van der Waals surface area contributed by atoms with Gasteiger partial charge in [-0.3, -0.25) is 4.98 Å². The SMILES string of the molecule is N#Cc1ccc(C23Oc4cc(Cl)cnc4C2(O)CCC3c2ccccc2)cc1.S=c1cccc[nH]1. The van der Waals surface area contributed by atoms with Crippen molar-refractivity contribution in [3.8, 4) is 11.8 Å². The highest BCUT2D eigenvalue weighted by molar-refractivity contribution is 7.71. The van der Waals surface area contributed by atoms with E-state index in [-0.39, 0.29) is 5.92 Å². The van der Waals surface area contributed by atoms with Gasteiger partial charge in [-0.15, -0.1) is 0 Å². The minimum atomic E-state index is -1.28. The summed E-state index contributed by atoms with van der Waals surface area (Å²) in [4.78, 5) is 7.29. The summed E-state index contributed by atoms with van der Waals surface area (Å²) in [6.45, 7) is 0. The van der Waals surface area contributed by atoms with E-state index in [1.54, 1.807) is 24.4 Å². The molecule has 4 aromatic rings. The van der Waals surface area contributed by atoms with Crippen molar-refractivity contribution in [1.82, 2.24) is 9.97 Å². The number of aromatic amines is 1. The number of nitrogens with zero attached hydrogens (tertiary/aromatic N) is 2. The molecular weight excluding hydrogens is 478 g/mol. The molecule has 3 atom stereocenters. The van der Waals surface area contributed by atoms with Crippen LogP contribution in [0, 0.1) is 16.0 Å². The summed E-state index contributed by atoms with van der Waals surface area (Å²) in [5.74, 6) is 0.444. The van der Waals surface area contributed by atoms with Gasteiger partial charge in [0.2, 0.25) is 0 Å². The van der Waals surface area contributed by atoms with E-state index in [9.17, 15) is 10.4 Å². The van der Waals surface area contributed by atoms with Crippen LogP contribution in [0.5, 0.6) is 5.75 Å². The number of halogens is 1. The summed E-state index contributed by atoms with van der Waals surface area (Å²) in [6, 6.07) is 26.9. The summed E-state index contributed by atoms with van der Waals surface area (Å²) in [7, 11) is 0. The molecule has 7 heteroatoms. The van der Waals surface area contributed by atoms with Crippen molar-refractivity contribution in [3.63, 3.8) is 0 Å². The van der Waals surface area contributed by atoms with Crippen LogP contribution in [-0.4, -0.2) is 15.1 Å². The molecule has 3 heterocycles. The summed E-state index contributed by atoms with van der Waals surface area (Å²) >= 11 is 10.9. The second-order valence-electron chi connectivity index (χ2n) is 8.62. The van der Waals surface area contributed by atoms with Gasteiger partial charge in [-0.05, 0) is 48.2 Å². The number of ether oxygens (including phenoxy) is 1. The number of fused-ring (bicyclic) bond motifs is 3. The van der Waals surface area contributed by atoms with Gasteiger partial charge in [-0.1, -0.05) is 72.3 Å². The van der Waals surface area contributed by atoms with Gasteiger partial charge in [0.05, 0.1) is 16.7 Å². The predicted octanol–water partition coefficient (Wildman–Crippen LogP) is 6.40. The monoisotopic (exact) mass is 499 g/mol. The first kappa shape index (κ1) is 23.3. The smallest absolute Gasteiger partial charge is 0.175 e. The predicted molar refractivity (Wildman–Crippen MR) is 137 cm³/mol. The molecule has 0 spiro atoms. The lowest BCUT2D eigenvalue weighted by Crippen LogP contribution is -2.48. The van der Waals surface area contributed by atoms with Crippen LogP contribution in [0.4, 0.5) is 0 Å². The molecule has 174 valence electrons. The lowest BCUT2D eigenvalue weighted by atomic mass is 9.72. The number of nitrogens with one attached hydrogen (secondary N) is 1. The number of pyridine rings is 2. The van der Waals surface area contributed by atoms with Crippen molar-refractivity contribution in [2.75, 3.05) is 0 Å². The third-order valence-electron chi connectivity index (χ3n) is 6.71. The molecule has 2 N–H and O–H groups in total. The molecule has 2 aromatic carbocycles. The van der Waals surface area contributed by atoms with Crippen molar-refractivity contribution >= 4 is 23.8 Å². The van der Waals surface area contributed by atoms with Crippen LogP contribution in [0.25, 0.3) is 0 Å². The molecule has 1 saturated carbocycles. The van der Waals surface area contributed by atoms with Gasteiger partial charge in [-0.2, -0.15) is 5.26 Å². The third-order valence-corrected chi connectivity index (χ3v) is 7.17. The Bertz CT molecular complexity index is 1430. The van der Waals surface area contributed by atoms with E-state index in [2.05, 4.69) is 28.2 Å². The van der Waals surface area contributed by atoms with Gasteiger partial charge in [0, 0.05) is 24.4 Å². The van der Waals surface area contributed by atoms with Crippen LogP contribution in [0.1, 0.15) is 41.1 Å². The summed E-state index contributed by atoms with van der Waals surface area (Å²) in [5.41, 5.74) is 0.717. The van der Waals surface area contributed by atoms with E-state index < -0.39 is 11.2 Å². The standard InChI is InChI=1S/C23H17ClN2O2.C5H5NS/c24-18-12-20-21(26-14-18)22(27)11-10-19(16-4-2-1-3-5-16)23(22,28-20)17-8-6-15(13-25)7-9-17;7-5-3-1-2-4-6-5/h1-9,12,14,19,27H,10-11H2;1-4H,(H,6,7). The van der Waals surface area contributed by atoms with Crippen molar-refractivity contribution in [2.45, 2.75) is 30.0 Å². The summed E-state index contributed by atoms with van der Waals surface area (Å²) in [5, 5.41) is 21.6. The molecule has 0 radical (unpaired) electrons. The molecule has 35 heavy (non-hydrogen) atoms. The molecular formula is C28H22ClN3O2S. The number of benzene rings is 2. The van der Waals surface area contributed by atoms with E-state index in [1.807, 2.05) is 54.7 Å². The Morgan fingerprint density at radius 3 is 2.46 bits per heavy atom. The van der Waals surface area contributed by atoms with Crippen LogP contribution >= 0.6 is 23.8 Å². The first-order valence-corrected chi connectivity index (χ1v) is 12.0. The molecule has 6 rings (SSSR count). The Balaban J connectivity index is 0.000000313. The third kappa shape index (κ3) is 3.92. The number of aromatic nitrogens is 2. The number of H-pyrrole nitrogens is 1. The maximum Gasteiger partial charge on any atom is 0.175 e. The number of nitriles is 1. The Morgan fingerprint density at radius 2 is 1.83 bits per heavy atom. The fourth-order valence-corrected chi connectivity index (χ4v) is 5.51. The summed E-state index contributed by atoms with van der Waals surface area (Å²) in [6.07, 6.45) is 4.63. The average Bonchev–Trinajstić information content (AvgIpc) is 3.32. The number of rotatable bonds is 2. The molecule has 2 aliphatic rings. The normalized spacial score (nSPS) is 23.7. The fraction of sp³-hybridized carbons (Fsp3) is 0.179. The van der Waals surface area contributed by atoms with Gasteiger partial charge in [-0.25, -0.2) is 0 Å². The molecule has 5 nitrogen and oxygen atoms in total. The van der Waals surface area contributed by atoms with E-state index in [4.69, 9.17) is 28.6 Å². The van der Waals surface area contributed by atoms with E-state index in [1.165, 1.54) is 0 Å². The van der Waals surface area contributed by atoms with Crippen LogP contribution in [-0.2, 0) is 11.2 Å². The molecule has 0 bridgehead atoms. The molecule has 0 saturated heterocycles. The highest BCUT2D eigenvalue weighted by Gasteiger charge is 2.69. The Labute approximate surface area is 213 Å². The number of aliphatic hydroxyl groups is 1. The Morgan fingerprint density at radius 1 is 1.09 bits per heavy atom. The van der Waals surface area contributed by atoms with Crippen LogP contribution in [0.2, 0.25) is 5.02 Å². The molecule has 3 unspecified atom stereocenters. The minimum absolute atomic E-state index is 0.0698. The average molecular weight is 500 g/mol. The molecule has 2 aromatic heterocycles. The van der Waals surface area contributed by atoms with Gasteiger partial charge in [0.25, 0.3) is 0 Å². The van der Waals surface area contributed by atoms with E-state index in [0.29, 0.717) is 28.5 Å². The maximum absolute atomic E-state index is 11.9. The molecule has 1 aliphatic heterocycles. The first-order valence-electron chi connectivity index (χ1n) is 11.2. The molecule has 0 amide bonds. The van der Waals surface area contributed by atoms with Crippen LogP contribution in [0.15, 0.2) is 91.3 Å². The topological polar surface area (TPSA) is 81.9 Å². The molecule has 1 fully saturated rings. The fourth-order valence-electron chi connectivity index (χ4n) is 5.22. The van der Waals surface area contributed by atoms with Crippen molar-refractivity contribution < 1.29 is 9.84 Å². The van der Waals surface area contributed by atoms with Gasteiger partial charge in [0.15, 0.2) is 11.2 Å². The highest BCUT2D eigenvalue weighted by atomic mass is 35.5. The zero-order valence-corrected chi connectivity index (χ0v) is 20.3. The Kier molecular flexibility index (Phi) is 6.16. The maximum atomic E-state index is 11.9. The van der Waals surface area contributed by atoms with Crippen molar-refractivity contribution in [1.29, 1.82) is 5.26 Å². The lowest BCUT2D eigenvalue weighted by molar-refractivity contribution is -0.107. The van der Waals surface area contributed by atoms with Gasteiger partial charge >= 0.3 is 0 Å². The Hall–Kier alpha value is -3.50. The molecule has 1 aliphatic carbocycles. The van der Waals surface area contributed by atoms with Crippen molar-refractivity contribution in [3.05, 3.63) is 123 Å². The van der Waals surface area contributed by atoms with E-state index >= 15 is 0 Å².